The van der Waals surface area contributed by atoms with Crippen LogP contribution in [0.1, 0.15) is 31.7 Å². The third-order valence-electron chi connectivity index (χ3n) is 4.95. The largest absolute Gasteiger partial charge is 0.341 e. The fraction of sp³-hybridized carbons (Fsp3) is 0.474. The number of hydrogen-bond donors (Lipinski definition) is 0. The molecule has 0 amide bonds. The molecule has 2 aliphatic rings. The number of anilines is 3. The Hall–Kier alpha value is -2.10. The van der Waals surface area contributed by atoms with E-state index < -0.39 is 0 Å². The van der Waals surface area contributed by atoms with Gasteiger partial charge in [0.2, 0.25) is 5.95 Å². The summed E-state index contributed by atoms with van der Waals surface area (Å²) in [5.74, 6) is 2.64. The smallest absolute Gasteiger partial charge is 0.227 e. The zero-order valence-electron chi connectivity index (χ0n) is 13.8. The molecule has 0 spiro atoms. The van der Waals surface area contributed by atoms with Crippen molar-refractivity contribution in [3.05, 3.63) is 42.1 Å². The summed E-state index contributed by atoms with van der Waals surface area (Å²) < 4.78 is 0. The Morgan fingerprint density at radius 1 is 1.09 bits per heavy atom. The first-order valence-corrected chi connectivity index (χ1v) is 8.75. The minimum atomic E-state index is 0.728. The van der Waals surface area contributed by atoms with Gasteiger partial charge in [-0.2, -0.15) is 4.98 Å². The second-order valence-electron chi connectivity index (χ2n) is 6.79. The van der Waals surface area contributed by atoms with Crippen molar-refractivity contribution in [1.29, 1.82) is 0 Å². The van der Waals surface area contributed by atoms with E-state index in [1.807, 2.05) is 12.3 Å². The van der Waals surface area contributed by atoms with Gasteiger partial charge < -0.3 is 9.80 Å². The molecule has 1 saturated heterocycles. The first-order valence-electron chi connectivity index (χ1n) is 8.75. The second-order valence-corrected chi connectivity index (χ2v) is 6.79. The van der Waals surface area contributed by atoms with E-state index in [0.29, 0.717) is 0 Å². The van der Waals surface area contributed by atoms with Crippen LogP contribution in [0.3, 0.4) is 0 Å². The highest BCUT2D eigenvalue weighted by atomic mass is 15.3. The molecule has 1 unspecified atom stereocenters. The van der Waals surface area contributed by atoms with Gasteiger partial charge in [0.1, 0.15) is 5.82 Å². The first-order chi connectivity index (χ1) is 11.3. The zero-order valence-corrected chi connectivity index (χ0v) is 13.8. The van der Waals surface area contributed by atoms with Crippen molar-refractivity contribution in [3.63, 3.8) is 0 Å². The summed E-state index contributed by atoms with van der Waals surface area (Å²) in [5, 5.41) is 0. The average molecular weight is 308 g/mol. The minimum absolute atomic E-state index is 0.728. The summed E-state index contributed by atoms with van der Waals surface area (Å²) in [6.45, 7) is 5.49. The lowest BCUT2D eigenvalue weighted by Crippen LogP contribution is -2.36. The topological polar surface area (TPSA) is 32.3 Å². The molecule has 0 aliphatic carbocycles. The Morgan fingerprint density at radius 3 is 2.91 bits per heavy atom. The van der Waals surface area contributed by atoms with Crippen LogP contribution in [0.4, 0.5) is 17.5 Å². The quantitative estimate of drug-likeness (QED) is 0.845. The molecule has 2 aromatic rings. The predicted octanol–water partition coefficient (Wildman–Crippen LogP) is 3.80. The zero-order chi connectivity index (χ0) is 15.6. The highest BCUT2D eigenvalue weighted by molar-refractivity contribution is 5.65. The van der Waals surface area contributed by atoms with Crippen molar-refractivity contribution < 1.29 is 0 Å². The van der Waals surface area contributed by atoms with E-state index in [9.17, 15) is 0 Å². The molecule has 4 rings (SSSR count). The number of fused-ring (bicyclic) bond motifs is 1. The maximum atomic E-state index is 4.89. The summed E-state index contributed by atoms with van der Waals surface area (Å²) in [4.78, 5) is 14.1. The summed E-state index contributed by atoms with van der Waals surface area (Å²) >= 11 is 0. The minimum Gasteiger partial charge on any atom is -0.341 e. The Balaban J connectivity index is 1.64. The molecule has 0 bridgehead atoms. The molecule has 4 heteroatoms. The fourth-order valence-electron chi connectivity index (χ4n) is 3.78. The van der Waals surface area contributed by atoms with Crippen molar-refractivity contribution >= 4 is 17.5 Å². The van der Waals surface area contributed by atoms with Crippen LogP contribution in [-0.2, 0) is 6.42 Å². The van der Waals surface area contributed by atoms with Gasteiger partial charge >= 0.3 is 0 Å². The molecule has 1 aromatic heterocycles. The van der Waals surface area contributed by atoms with E-state index in [1.165, 1.54) is 30.5 Å². The number of aromatic nitrogens is 2. The normalized spacial score (nSPS) is 21.2. The SMILES string of the molecule is CC1CCCN(c2nccc(N3CCCc4ccccc43)n2)C1. The molecule has 4 nitrogen and oxygen atoms in total. The molecule has 3 heterocycles. The van der Waals surface area contributed by atoms with E-state index in [1.54, 1.807) is 0 Å². The van der Waals surface area contributed by atoms with E-state index >= 15 is 0 Å². The molecular weight excluding hydrogens is 284 g/mol. The van der Waals surface area contributed by atoms with Gasteiger partial charge in [0, 0.05) is 31.5 Å². The lowest BCUT2D eigenvalue weighted by Gasteiger charge is -2.33. The number of nitrogens with zero attached hydrogens (tertiary/aromatic N) is 4. The third kappa shape index (κ3) is 2.90. The van der Waals surface area contributed by atoms with Crippen LogP contribution in [0.15, 0.2) is 36.5 Å². The molecular formula is C19H24N4. The van der Waals surface area contributed by atoms with E-state index in [0.717, 1.165) is 43.7 Å². The van der Waals surface area contributed by atoms with Crippen LogP contribution in [0.5, 0.6) is 0 Å². The van der Waals surface area contributed by atoms with Crippen molar-refractivity contribution in [1.82, 2.24) is 9.97 Å². The van der Waals surface area contributed by atoms with Crippen molar-refractivity contribution in [3.8, 4) is 0 Å². The molecule has 23 heavy (non-hydrogen) atoms. The summed E-state index contributed by atoms with van der Waals surface area (Å²) in [6, 6.07) is 10.7. The van der Waals surface area contributed by atoms with Gasteiger partial charge in [0.05, 0.1) is 0 Å². The number of aryl methyl sites for hydroxylation is 1. The monoisotopic (exact) mass is 308 g/mol. The number of benzene rings is 1. The number of hydrogen-bond acceptors (Lipinski definition) is 4. The maximum Gasteiger partial charge on any atom is 0.227 e. The summed E-state index contributed by atoms with van der Waals surface area (Å²) in [6.07, 6.45) is 6.80. The lowest BCUT2D eigenvalue weighted by atomic mass is 10.0. The highest BCUT2D eigenvalue weighted by Crippen LogP contribution is 2.32. The standard InChI is InChI=1S/C19H24N4/c1-15-6-4-12-22(14-15)19-20-11-10-18(21-19)23-13-5-8-16-7-2-3-9-17(16)23/h2-3,7,9-11,15H,4-6,8,12-14H2,1H3. The van der Waals surface area contributed by atoms with Crippen molar-refractivity contribution in [2.24, 2.45) is 5.92 Å². The molecule has 1 atom stereocenters. The lowest BCUT2D eigenvalue weighted by molar-refractivity contribution is 0.442. The van der Waals surface area contributed by atoms with E-state index in [-0.39, 0.29) is 0 Å². The van der Waals surface area contributed by atoms with Crippen LogP contribution in [0, 0.1) is 5.92 Å². The third-order valence-corrected chi connectivity index (χ3v) is 4.95. The first kappa shape index (κ1) is 14.5. The Labute approximate surface area is 138 Å². The van der Waals surface area contributed by atoms with E-state index in [2.05, 4.69) is 46.0 Å². The molecule has 1 fully saturated rings. The van der Waals surface area contributed by atoms with Crippen molar-refractivity contribution in [2.75, 3.05) is 29.4 Å². The van der Waals surface area contributed by atoms with Crippen LogP contribution >= 0.6 is 0 Å². The van der Waals surface area contributed by atoms with Gasteiger partial charge in [-0.15, -0.1) is 0 Å². The maximum absolute atomic E-state index is 4.89. The molecule has 120 valence electrons. The average Bonchev–Trinajstić information content (AvgIpc) is 2.61. The molecule has 0 saturated carbocycles. The summed E-state index contributed by atoms with van der Waals surface area (Å²) in [5.41, 5.74) is 2.72. The fourth-order valence-corrected chi connectivity index (χ4v) is 3.78. The van der Waals surface area contributed by atoms with Crippen LogP contribution in [0.25, 0.3) is 0 Å². The Kier molecular flexibility index (Phi) is 3.90. The van der Waals surface area contributed by atoms with Gasteiger partial charge in [-0.05, 0) is 49.3 Å². The number of para-hydroxylation sites is 1. The highest BCUT2D eigenvalue weighted by Gasteiger charge is 2.22. The van der Waals surface area contributed by atoms with Gasteiger partial charge in [-0.1, -0.05) is 25.1 Å². The molecule has 1 aromatic carbocycles. The van der Waals surface area contributed by atoms with Gasteiger partial charge in [0.15, 0.2) is 0 Å². The van der Waals surface area contributed by atoms with Gasteiger partial charge in [-0.3, -0.25) is 0 Å². The number of rotatable bonds is 2. The Bertz CT molecular complexity index is 685. The van der Waals surface area contributed by atoms with Gasteiger partial charge in [-0.25, -0.2) is 4.98 Å². The van der Waals surface area contributed by atoms with Gasteiger partial charge in [0.25, 0.3) is 0 Å². The van der Waals surface area contributed by atoms with Crippen LogP contribution < -0.4 is 9.80 Å². The van der Waals surface area contributed by atoms with Crippen molar-refractivity contribution in [2.45, 2.75) is 32.6 Å². The summed E-state index contributed by atoms with van der Waals surface area (Å²) in [7, 11) is 0. The molecule has 2 aliphatic heterocycles. The van der Waals surface area contributed by atoms with E-state index in [4.69, 9.17) is 4.98 Å². The Morgan fingerprint density at radius 2 is 2.00 bits per heavy atom. The van der Waals surface area contributed by atoms with Crippen LogP contribution in [-0.4, -0.2) is 29.6 Å². The predicted molar refractivity (Wildman–Crippen MR) is 94.4 cm³/mol. The van der Waals surface area contributed by atoms with Crippen LogP contribution in [0.2, 0.25) is 0 Å². The second kappa shape index (κ2) is 6.19. The molecule has 0 radical (unpaired) electrons. The molecule has 0 N–H and O–H groups in total. The number of piperidine rings is 1.